The summed E-state index contributed by atoms with van der Waals surface area (Å²) in [6.45, 7) is 0.670. The van der Waals surface area contributed by atoms with E-state index in [1.165, 1.54) is 0 Å². The molecule has 23 heavy (non-hydrogen) atoms. The van der Waals surface area contributed by atoms with E-state index >= 15 is 0 Å². The molecule has 0 rings (SSSR count). The molecule has 0 aliphatic rings. The Morgan fingerprint density at radius 3 is 1.43 bits per heavy atom. The van der Waals surface area contributed by atoms with E-state index in [9.17, 15) is 9.59 Å². The molecule has 0 fully saturated rings. The van der Waals surface area contributed by atoms with E-state index in [2.05, 4.69) is 14.7 Å². The molecule has 0 aromatic rings. The third-order valence-corrected chi connectivity index (χ3v) is 2.74. The van der Waals surface area contributed by atoms with Crippen molar-refractivity contribution < 1.29 is 14.3 Å². The SMILES string of the molecule is NC(N)=NCCCC(N)C(=O)OC(=O)[C@@H](N)CCCN=C(N)N. The first-order valence-electron chi connectivity index (χ1n) is 7.11. The molecule has 0 heterocycles. The first-order valence-corrected chi connectivity index (χ1v) is 7.11. The minimum Gasteiger partial charge on any atom is -0.391 e. The van der Waals surface area contributed by atoms with Crippen molar-refractivity contribution in [3.05, 3.63) is 0 Å². The van der Waals surface area contributed by atoms with E-state index < -0.39 is 24.0 Å². The minimum absolute atomic E-state index is 0.0389. The molecule has 0 aliphatic heterocycles. The van der Waals surface area contributed by atoms with Gasteiger partial charge in [0.15, 0.2) is 11.9 Å². The fourth-order valence-corrected chi connectivity index (χ4v) is 1.52. The number of carbonyl (C=O) groups is 2. The molecule has 0 spiro atoms. The number of carbonyl (C=O) groups excluding carboxylic acids is 2. The van der Waals surface area contributed by atoms with Crippen LogP contribution in [0.5, 0.6) is 0 Å². The van der Waals surface area contributed by atoms with Gasteiger partial charge in [-0.05, 0) is 25.7 Å². The van der Waals surface area contributed by atoms with E-state index in [0.717, 1.165) is 0 Å². The predicted octanol–water partition coefficient (Wildman–Crippen LogP) is -3.18. The van der Waals surface area contributed by atoms with Crippen molar-refractivity contribution in [3.63, 3.8) is 0 Å². The van der Waals surface area contributed by atoms with Gasteiger partial charge in [-0.1, -0.05) is 0 Å². The Morgan fingerprint density at radius 1 is 0.783 bits per heavy atom. The zero-order valence-electron chi connectivity index (χ0n) is 13.0. The van der Waals surface area contributed by atoms with Crippen LogP contribution in [-0.4, -0.2) is 49.0 Å². The number of hydrogen-bond acceptors (Lipinski definition) is 7. The van der Waals surface area contributed by atoms with Gasteiger partial charge in [-0.15, -0.1) is 0 Å². The van der Waals surface area contributed by atoms with Crippen LogP contribution in [0.4, 0.5) is 0 Å². The van der Waals surface area contributed by atoms with Crippen molar-refractivity contribution in [1.29, 1.82) is 0 Å². The molecule has 132 valence electrons. The molecule has 0 amide bonds. The van der Waals surface area contributed by atoms with Gasteiger partial charge in [-0.3, -0.25) is 9.98 Å². The van der Waals surface area contributed by atoms with Crippen LogP contribution in [0.2, 0.25) is 0 Å². The highest BCUT2D eigenvalue weighted by Crippen LogP contribution is 2.02. The van der Waals surface area contributed by atoms with Crippen LogP contribution >= 0.6 is 0 Å². The van der Waals surface area contributed by atoms with Crippen LogP contribution < -0.4 is 34.4 Å². The molecule has 0 aromatic heterocycles. The largest absolute Gasteiger partial charge is 0.391 e. The Hall–Kier alpha value is -2.40. The normalized spacial score (nSPS) is 12.8. The second-order valence-corrected chi connectivity index (χ2v) is 4.85. The summed E-state index contributed by atoms with van der Waals surface area (Å²) < 4.78 is 4.63. The third-order valence-electron chi connectivity index (χ3n) is 2.74. The van der Waals surface area contributed by atoms with E-state index in [-0.39, 0.29) is 24.8 Å². The van der Waals surface area contributed by atoms with E-state index in [4.69, 9.17) is 34.4 Å². The molecule has 0 saturated heterocycles. The number of esters is 2. The Bertz CT molecular complexity index is 404. The first kappa shape index (κ1) is 20.6. The number of nitrogens with two attached hydrogens (primary N) is 6. The van der Waals surface area contributed by atoms with Gasteiger partial charge < -0.3 is 39.1 Å². The summed E-state index contributed by atoms with van der Waals surface area (Å²) in [5.74, 6) is -1.75. The Morgan fingerprint density at radius 2 is 1.13 bits per heavy atom. The fraction of sp³-hybridized carbons (Fsp3) is 0.667. The summed E-state index contributed by atoms with van der Waals surface area (Å²) in [4.78, 5) is 30.8. The molecular formula is C12H26N8O3. The lowest BCUT2D eigenvalue weighted by molar-refractivity contribution is -0.161. The zero-order valence-corrected chi connectivity index (χ0v) is 13.0. The van der Waals surface area contributed by atoms with Crippen molar-refractivity contribution in [2.45, 2.75) is 37.8 Å². The maximum absolute atomic E-state index is 11.6. The number of nitrogens with zero attached hydrogens (tertiary/aromatic N) is 2. The van der Waals surface area contributed by atoms with Crippen LogP contribution in [0.1, 0.15) is 25.7 Å². The monoisotopic (exact) mass is 330 g/mol. The summed E-state index contributed by atoms with van der Waals surface area (Å²) in [6, 6.07) is -1.89. The van der Waals surface area contributed by atoms with Crippen LogP contribution in [0.15, 0.2) is 9.98 Å². The zero-order chi connectivity index (χ0) is 17.8. The average Bonchev–Trinajstić information content (AvgIpc) is 2.46. The average molecular weight is 330 g/mol. The molecule has 0 radical (unpaired) electrons. The van der Waals surface area contributed by atoms with Gasteiger partial charge in [0.1, 0.15) is 12.1 Å². The molecule has 11 heteroatoms. The highest BCUT2D eigenvalue weighted by Gasteiger charge is 2.22. The standard InChI is InChI=1S/C12H26N8O3/c13-7(3-1-5-19-11(15)16)9(21)23-10(22)8(14)4-2-6-20-12(17)18/h7-8H,1-6,13-14H2,(H4,15,16,19)(H4,17,18,20)/t7-,8?/m0/s1. The lowest BCUT2D eigenvalue weighted by atomic mass is 10.1. The topological polar surface area (TPSA) is 224 Å². The van der Waals surface area contributed by atoms with Gasteiger partial charge in [0.05, 0.1) is 0 Å². The highest BCUT2D eigenvalue weighted by molar-refractivity contribution is 5.90. The van der Waals surface area contributed by atoms with Gasteiger partial charge >= 0.3 is 11.9 Å². The summed E-state index contributed by atoms with van der Waals surface area (Å²) in [7, 11) is 0. The van der Waals surface area contributed by atoms with Crippen molar-refractivity contribution >= 4 is 23.9 Å². The van der Waals surface area contributed by atoms with E-state index in [1.807, 2.05) is 0 Å². The molecule has 1 unspecified atom stereocenters. The summed E-state index contributed by atoms with van der Waals surface area (Å²) in [6.07, 6.45) is 1.52. The third kappa shape index (κ3) is 10.9. The Labute approximate surface area is 134 Å². The lowest BCUT2D eigenvalue weighted by Crippen LogP contribution is -2.39. The van der Waals surface area contributed by atoms with Crippen molar-refractivity contribution in [2.75, 3.05) is 13.1 Å². The predicted molar refractivity (Wildman–Crippen MR) is 86.9 cm³/mol. The van der Waals surface area contributed by atoms with Crippen LogP contribution in [0.3, 0.4) is 0 Å². The quantitative estimate of drug-likeness (QED) is 0.0778. The molecule has 11 nitrogen and oxygen atoms in total. The summed E-state index contributed by atoms with van der Waals surface area (Å²) in [5, 5.41) is 0. The van der Waals surface area contributed by atoms with Crippen molar-refractivity contribution in [1.82, 2.24) is 0 Å². The maximum atomic E-state index is 11.6. The van der Waals surface area contributed by atoms with Crippen molar-refractivity contribution in [2.24, 2.45) is 44.4 Å². The number of aliphatic imine (C=N–C) groups is 2. The van der Waals surface area contributed by atoms with Crippen LogP contribution in [0.25, 0.3) is 0 Å². The second-order valence-electron chi connectivity index (χ2n) is 4.85. The number of ether oxygens (including phenoxy) is 1. The molecule has 0 bridgehead atoms. The molecule has 0 saturated carbocycles. The Balaban J connectivity index is 4.04. The summed E-state index contributed by atoms with van der Waals surface area (Å²) >= 11 is 0. The molecule has 0 aromatic carbocycles. The van der Waals surface area contributed by atoms with Crippen molar-refractivity contribution in [3.8, 4) is 0 Å². The Kier molecular flexibility index (Phi) is 10.0. The van der Waals surface area contributed by atoms with Gasteiger partial charge in [0.25, 0.3) is 0 Å². The van der Waals surface area contributed by atoms with Gasteiger partial charge in [-0.2, -0.15) is 0 Å². The molecular weight excluding hydrogens is 304 g/mol. The molecule has 2 atom stereocenters. The first-order chi connectivity index (χ1) is 10.7. The van der Waals surface area contributed by atoms with E-state index in [0.29, 0.717) is 25.9 Å². The fourth-order valence-electron chi connectivity index (χ4n) is 1.52. The second kappa shape index (κ2) is 11.2. The number of rotatable bonds is 10. The van der Waals surface area contributed by atoms with Crippen LogP contribution in [0, 0.1) is 0 Å². The number of guanidine groups is 2. The van der Waals surface area contributed by atoms with Gasteiger partial charge in [0.2, 0.25) is 0 Å². The minimum atomic E-state index is -0.943. The maximum Gasteiger partial charge on any atom is 0.330 e. The summed E-state index contributed by atoms with van der Waals surface area (Å²) in [5.41, 5.74) is 31.9. The van der Waals surface area contributed by atoms with Crippen LogP contribution in [-0.2, 0) is 14.3 Å². The lowest BCUT2D eigenvalue weighted by Gasteiger charge is -2.13. The number of hydrogen-bond donors (Lipinski definition) is 6. The van der Waals surface area contributed by atoms with Gasteiger partial charge in [0, 0.05) is 13.1 Å². The highest BCUT2D eigenvalue weighted by atomic mass is 16.6. The smallest absolute Gasteiger partial charge is 0.330 e. The molecule has 0 aliphatic carbocycles. The van der Waals surface area contributed by atoms with E-state index in [1.54, 1.807) is 0 Å². The molecule has 12 N–H and O–H groups in total. The van der Waals surface area contributed by atoms with Gasteiger partial charge in [-0.25, -0.2) is 9.59 Å².